The van der Waals surface area contributed by atoms with Crippen molar-refractivity contribution < 1.29 is 14.3 Å². The predicted molar refractivity (Wildman–Crippen MR) is 75.7 cm³/mol. The van der Waals surface area contributed by atoms with E-state index in [4.69, 9.17) is 4.74 Å². The fourth-order valence-electron chi connectivity index (χ4n) is 1.60. The number of thiophene rings is 1. The van der Waals surface area contributed by atoms with Crippen LogP contribution in [0, 0.1) is 5.92 Å². The molecule has 1 unspecified atom stereocenters. The highest BCUT2D eigenvalue weighted by Gasteiger charge is 2.38. The Morgan fingerprint density at radius 2 is 2.17 bits per heavy atom. The van der Waals surface area contributed by atoms with Gasteiger partial charge in [0.05, 0.1) is 15.8 Å². The van der Waals surface area contributed by atoms with Crippen molar-refractivity contribution in [3.05, 3.63) is 19.2 Å². The van der Waals surface area contributed by atoms with Gasteiger partial charge in [0.25, 0.3) is 5.91 Å². The summed E-state index contributed by atoms with van der Waals surface area (Å²) in [6.45, 7) is 0. The van der Waals surface area contributed by atoms with Crippen LogP contribution in [0.1, 0.15) is 22.5 Å². The molecule has 1 aliphatic carbocycles. The van der Waals surface area contributed by atoms with E-state index in [1.165, 1.54) is 18.4 Å². The van der Waals surface area contributed by atoms with Gasteiger partial charge in [-0.05, 0) is 56.7 Å². The largest absolute Gasteiger partial charge is 0.467 e. The number of esters is 1. The van der Waals surface area contributed by atoms with Crippen molar-refractivity contribution in [1.29, 1.82) is 0 Å². The summed E-state index contributed by atoms with van der Waals surface area (Å²) in [6.07, 6.45) is 1.91. The van der Waals surface area contributed by atoms with Crippen molar-refractivity contribution >= 4 is 55.1 Å². The van der Waals surface area contributed by atoms with E-state index < -0.39 is 6.04 Å². The molecule has 1 saturated carbocycles. The van der Waals surface area contributed by atoms with Crippen LogP contribution in [0.5, 0.6) is 0 Å². The van der Waals surface area contributed by atoms with Crippen LogP contribution in [0.15, 0.2) is 14.3 Å². The summed E-state index contributed by atoms with van der Waals surface area (Å²) in [7, 11) is 1.34. The van der Waals surface area contributed by atoms with Crippen molar-refractivity contribution in [1.82, 2.24) is 5.32 Å². The third-order valence-corrected chi connectivity index (χ3v) is 5.96. The maximum Gasteiger partial charge on any atom is 0.328 e. The lowest BCUT2D eigenvalue weighted by molar-refractivity contribution is -0.143. The first-order valence-electron chi connectivity index (χ1n) is 5.36. The number of ether oxygens (including phenoxy) is 1. The number of amides is 1. The normalized spacial score (nSPS) is 16.2. The van der Waals surface area contributed by atoms with Crippen molar-refractivity contribution in [3.8, 4) is 0 Å². The quantitative estimate of drug-likeness (QED) is 0.796. The molecule has 1 aromatic rings. The maximum atomic E-state index is 12.0. The van der Waals surface area contributed by atoms with Crippen LogP contribution in [-0.2, 0) is 9.53 Å². The number of nitrogens with one attached hydrogen (secondary N) is 1. The minimum Gasteiger partial charge on any atom is -0.467 e. The standard InChI is InChI=1S/C11H11Br2NO3S/c1-17-11(16)8(5-2-3-5)14-10(15)7-4-6(12)9(13)18-7/h4-5,8H,2-3H2,1H3,(H,14,15). The van der Waals surface area contributed by atoms with Gasteiger partial charge in [-0.3, -0.25) is 4.79 Å². The van der Waals surface area contributed by atoms with Crippen molar-refractivity contribution in [2.75, 3.05) is 7.11 Å². The van der Waals surface area contributed by atoms with E-state index >= 15 is 0 Å². The zero-order chi connectivity index (χ0) is 13.3. The highest BCUT2D eigenvalue weighted by atomic mass is 79.9. The molecular weight excluding hydrogens is 386 g/mol. The molecule has 1 fully saturated rings. The Balaban J connectivity index is 2.07. The van der Waals surface area contributed by atoms with Gasteiger partial charge in [0.1, 0.15) is 6.04 Å². The van der Waals surface area contributed by atoms with E-state index in [0.29, 0.717) is 4.88 Å². The zero-order valence-electron chi connectivity index (χ0n) is 9.54. The second-order valence-electron chi connectivity index (χ2n) is 4.04. The Kier molecular flexibility index (Phi) is 4.45. The van der Waals surface area contributed by atoms with E-state index in [1.54, 1.807) is 6.07 Å². The van der Waals surface area contributed by atoms with E-state index in [0.717, 1.165) is 21.1 Å². The molecule has 1 amide bonds. The molecule has 0 radical (unpaired) electrons. The Labute approximate surface area is 125 Å². The molecule has 0 saturated heterocycles. The lowest BCUT2D eigenvalue weighted by Crippen LogP contribution is -2.42. The molecule has 98 valence electrons. The highest BCUT2D eigenvalue weighted by molar-refractivity contribution is 9.13. The molecule has 0 spiro atoms. The molecule has 2 rings (SSSR count). The topological polar surface area (TPSA) is 55.4 Å². The molecule has 0 aliphatic heterocycles. The maximum absolute atomic E-state index is 12.0. The van der Waals surface area contributed by atoms with Gasteiger partial charge in [-0.15, -0.1) is 11.3 Å². The molecule has 0 bridgehead atoms. The van der Waals surface area contributed by atoms with Crippen LogP contribution in [0.2, 0.25) is 0 Å². The minimum absolute atomic E-state index is 0.216. The third kappa shape index (κ3) is 3.13. The monoisotopic (exact) mass is 395 g/mol. The molecule has 7 heteroatoms. The summed E-state index contributed by atoms with van der Waals surface area (Å²) in [6, 6.07) is 1.20. The number of hydrogen-bond donors (Lipinski definition) is 1. The van der Waals surface area contributed by atoms with E-state index in [1.807, 2.05) is 0 Å². The number of rotatable bonds is 4. The van der Waals surface area contributed by atoms with E-state index in [9.17, 15) is 9.59 Å². The summed E-state index contributed by atoms with van der Waals surface area (Å²) < 4.78 is 6.40. The van der Waals surface area contributed by atoms with Crippen LogP contribution >= 0.6 is 43.2 Å². The molecule has 1 heterocycles. The van der Waals surface area contributed by atoms with E-state index in [2.05, 4.69) is 37.2 Å². The summed E-state index contributed by atoms with van der Waals surface area (Å²) >= 11 is 7.98. The van der Waals surface area contributed by atoms with Gasteiger partial charge in [-0.25, -0.2) is 4.79 Å². The van der Waals surface area contributed by atoms with Gasteiger partial charge in [0.15, 0.2) is 0 Å². The summed E-state index contributed by atoms with van der Waals surface area (Å²) in [4.78, 5) is 24.2. The van der Waals surface area contributed by atoms with Crippen molar-refractivity contribution in [2.45, 2.75) is 18.9 Å². The molecule has 1 aliphatic rings. The van der Waals surface area contributed by atoms with Crippen LogP contribution in [0.25, 0.3) is 0 Å². The van der Waals surface area contributed by atoms with Crippen LogP contribution in [0.4, 0.5) is 0 Å². The van der Waals surface area contributed by atoms with Gasteiger partial charge in [-0.1, -0.05) is 0 Å². The van der Waals surface area contributed by atoms with Crippen LogP contribution in [-0.4, -0.2) is 25.0 Å². The number of carbonyl (C=O) groups excluding carboxylic acids is 2. The summed E-state index contributed by atoms with van der Waals surface area (Å²) in [5, 5.41) is 2.74. The molecule has 18 heavy (non-hydrogen) atoms. The van der Waals surface area contributed by atoms with Gasteiger partial charge in [-0.2, -0.15) is 0 Å². The second-order valence-corrected chi connectivity index (χ2v) is 7.27. The fourth-order valence-corrected chi connectivity index (χ4v) is 3.54. The first-order valence-corrected chi connectivity index (χ1v) is 7.76. The van der Waals surface area contributed by atoms with Gasteiger partial charge in [0, 0.05) is 4.47 Å². The van der Waals surface area contributed by atoms with Gasteiger partial charge in [0.2, 0.25) is 0 Å². The van der Waals surface area contributed by atoms with Crippen molar-refractivity contribution in [2.24, 2.45) is 5.92 Å². The first-order chi connectivity index (χ1) is 8.52. The summed E-state index contributed by atoms with van der Waals surface area (Å²) in [5.74, 6) is -0.400. The average Bonchev–Trinajstić information content (AvgIpc) is 3.12. The Bertz CT molecular complexity index is 465. The number of hydrogen-bond acceptors (Lipinski definition) is 4. The van der Waals surface area contributed by atoms with Crippen LogP contribution in [0.3, 0.4) is 0 Å². The van der Waals surface area contributed by atoms with E-state index in [-0.39, 0.29) is 17.8 Å². The Hall–Kier alpha value is -0.400. The molecule has 0 aromatic carbocycles. The SMILES string of the molecule is COC(=O)C(NC(=O)c1cc(Br)c(Br)s1)C1CC1. The smallest absolute Gasteiger partial charge is 0.328 e. The molecule has 1 aromatic heterocycles. The fraction of sp³-hybridized carbons (Fsp3) is 0.455. The predicted octanol–water partition coefficient (Wildman–Crippen LogP) is 2.95. The molecule has 1 N–H and O–H groups in total. The first kappa shape index (κ1) is 14.0. The highest BCUT2D eigenvalue weighted by Crippen LogP contribution is 2.35. The average molecular weight is 397 g/mol. The molecule has 4 nitrogen and oxygen atoms in total. The lowest BCUT2D eigenvalue weighted by atomic mass is 10.2. The summed E-state index contributed by atoms with van der Waals surface area (Å²) in [5.41, 5.74) is 0. The second kappa shape index (κ2) is 5.71. The zero-order valence-corrected chi connectivity index (χ0v) is 13.5. The van der Waals surface area contributed by atoms with Gasteiger partial charge < -0.3 is 10.1 Å². The molecule has 1 atom stereocenters. The Morgan fingerprint density at radius 3 is 2.61 bits per heavy atom. The van der Waals surface area contributed by atoms with Gasteiger partial charge >= 0.3 is 5.97 Å². The number of carbonyl (C=O) groups is 2. The lowest BCUT2D eigenvalue weighted by Gasteiger charge is -2.14. The number of halogens is 2. The number of methoxy groups -OCH3 is 1. The van der Waals surface area contributed by atoms with Crippen molar-refractivity contribution in [3.63, 3.8) is 0 Å². The third-order valence-electron chi connectivity index (χ3n) is 2.70. The Morgan fingerprint density at radius 1 is 1.50 bits per heavy atom. The molecular formula is C11H11Br2NO3S. The minimum atomic E-state index is -0.526. The van der Waals surface area contributed by atoms with Crippen LogP contribution < -0.4 is 5.32 Å².